The molecule has 0 N–H and O–H groups in total. The zero-order valence-corrected chi connectivity index (χ0v) is 37.0. The van der Waals surface area contributed by atoms with Crippen molar-refractivity contribution in [2.24, 2.45) is 0 Å². The van der Waals surface area contributed by atoms with Gasteiger partial charge in [0.25, 0.3) is 0 Å². The Morgan fingerprint density at radius 1 is 0.290 bits per heavy atom. The Labute approximate surface area is 396 Å². The van der Waals surface area contributed by atoms with Gasteiger partial charge in [0.15, 0.2) is 17.5 Å². The summed E-state index contributed by atoms with van der Waals surface area (Å²) in [5.41, 5.74) is 16.0. The number of aromatic nitrogens is 4. The third kappa shape index (κ3) is 6.45. The van der Waals surface area contributed by atoms with Crippen LogP contribution in [0.3, 0.4) is 0 Å². The van der Waals surface area contributed by atoms with Crippen LogP contribution < -0.4 is 0 Å². The number of nitrogens with zero attached hydrogens (tertiary/aromatic N) is 4. The number of fused-ring (bicyclic) bond motifs is 9. The highest BCUT2D eigenvalue weighted by Crippen LogP contribution is 2.44. The molecular formula is C63H38N4O2. The maximum atomic E-state index is 6.83. The summed E-state index contributed by atoms with van der Waals surface area (Å²) < 4.78 is 15.8. The molecule has 0 bridgehead atoms. The van der Waals surface area contributed by atoms with Gasteiger partial charge in [-0.1, -0.05) is 164 Å². The first-order chi connectivity index (χ1) is 34.2. The van der Waals surface area contributed by atoms with E-state index in [9.17, 15) is 0 Å². The third-order valence-corrected chi connectivity index (χ3v) is 13.5. The first-order valence-corrected chi connectivity index (χ1v) is 23.2. The van der Waals surface area contributed by atoms with Gasteiger partial charge in [0.05, 0.1) is 11.0 Å². The smallest absolute Gasteiger partial charge is 0.164 e. The summed E-state index contributed by atoms with van der Waals surface area (Å²) in [5, 5.41) is 6.64. The molecule has 0 fully saturated rings. The summed E-state index contributed by atoms with van der Waals surface area (Å²) in [5.74, 6) is 1.86. The van der Waals surface area contributed by atoms with E-state index in [0.29, 0.717) is 17.5 Å². The van der Waals surface area contributed by atoms with Crippen LogP contribution in [-0.2, 0) is 0 Å². The molecule has 0 unspecified atom stereocenters. The fourth-order valence-corrected chi connectivity index (χ4v) is 10.2. The number of furan rings is 2. The van der Waals surface area contributed by atoms with Crippen LogP contribution >= 0.6 is 0 Å². The van der Waals surface area contributed by atoms with Crippen molar-refractivity contribution in [1.82, 2.24) is 19.5 Å². The molecule has 322 valence electrons. The molecule has 0 aliphatic carbocycles. The van der Waals surface area contributed by atoms with Crippen LogP contribution in [0.25, 0.3) is 139 Å². The molecule has 14 aromatic rings. The van der Waals surface area contributed by atoms with Gasteiger partial charge < -0.3 is 13.4 Å². The standard InChI is InChI=1S/C63H38N4O2/c1-4-15-39(16-5-1)42-27-33-55-52(36-42)49-23-10-12-25-54(49)67(55)46-29-30-50-53-37-44(28-34-57(53)68-58(50)38-46)48-32-31-47(59-51-24-11-13-26-56(51)69-60(48)59)43-21-14-22-45(35-43)63-65-61(40-17-6-2-7-18-40)64-62(66-63)41-19-8-3-9-20-41/h1-38H. The molecule has 0 atom stereocenters. The fourth-order valence-electron chi connectivity index (χ4n) is 10.2. The Morgan fingerprint density at radius 3 is 1.62 bits per heavy atom. The Morgan fingerprint density at radius 2 is 0.855 bits per heavy atom. The molecule has 0 radical (unpaired) electrons. The molecule has 4 heterocycles. The third-order valence-electron chi connectivity index (χ3n) is 13.5. The maximum absolute atomic E-state index is 6.83. The van der Waals surface area contributed by atoms with Gasteiger partial charge in [-0.3, -0.25) is 0 Å². The lowest BCUT2D eigenvalue weighted by atomic mass is 9.93. The molecule has 6 heteroatoms. The van der Waals surface area contributed by atoms with E-state index in [1.807, 2.05) is 72.8 Å². The molecule has 14 rings (SSSR count). The zero-order chi connectivity index (χ0) is 45.4. The number of para-hydroxylation sites is 2. The number of benzene rings is 10. The van der Waals surface area contributed by atoms with E-state index >= 15 is 0 Å². The van der Waals surface area contributed by atoms with Crippen molar-refractivity contribution in [3.8, 4) is 73.2 Å². The predicted octanol–water partition coefficient (Wildman–Crippen LogP) is 16.8. The second kappa shape index (κ2) is 15.6. The highest BCUT2D eigenvalue weighted by Gasteiger charge is 2.21. The van der Waals surface area contributed by atoms with Crippen LogP contribution in [0.15, 0.2) is 239 Å². The highest BCUT2D eigenvalue weighted by atomic mass is 16.3. The first kappa shape index (κ1) is 38.8. The predicted molar refractivity (Wildman–Crippen MR) is 281 cm³/mol. The Hall–Kier alpha value is -9.39. The van der Waals surface area contributed by atoms with Crippen molar-refractivity contribution in [2.75, 3.05) is 0 Å². The van der Waals surface area contributed by atoms with Crippen LogP contribution in [0.4, 0.5) is 0 Å². The Kier molecular flexibility index (Phi) is 8.79. The second-order valence-corrected chi connectivity index (χ2v) is 17.5. The van der Waals surface area contributed by atoms with Gasteiger partial charge in [-0.15, -0.1) is 0 Å². The Balaban J connectivity index is 0.873. The average molecular weight is 883 g/mol. The van der Waals surface area contributed by atoms with Gasteiger partial charge in [0.2, 0.25) is 0 Å². The van der Waals surface area contributed by atoms with Crippen molar-refractivity contribution in [3.63, 3.8) is 0 Å². The van der Waals surface area contributed by atoms with Crippen molar-refractivity contribution < 1.29 is 8.83 Å². The van der Waals surface area contributed by atoms with Gasteiger partial charge in [-0.05, 0) is 88.5 Å². The van der Waals surface area contributed by atoms with E-state index in [1.165, 1.54) is 21.9 Å². The Bertz CT molecular complexity index is 4250. The van der Waals surface area contributed by atoms with Crippen LogP contribution in [0.2, 0.25) is 0 Å². The van der Waals surface area contributed by atoms with E-state index in [2.05, 4.69) is 162 Å². The summed E-state index contributed by atoms with van der Waals surface area (Å²) in [6.07, 6.45) is 0. The molecule has 0 aliphatic rings. The molecule has 69 heavy (non-hydrogen) atoms. The molecule has 6 nitrogen and oxygen atoms in total. The number of hydrogen-bond donors (Lipinski definition) is 0. The van der Waals surface area contributed by atoms with Gasteiger partial charge in [0, 0.05) is 66.3 Å². The van der Waals surface area contributed by atoms with Crippen LogP contribution in [0.5, 0.6) is 0 Å². The SMILES string of the molecule is c1ccc(-c2ccc3c(c2)c2ccccc2n3-c2ccc3c(c2)oc2ccc(-c4ccc(-c5cccc(-c6nc(-c7ccccc7)nc(-c7ccccc7)n6)c5)c5c4oc4ccccc45)cc23)cc1. The van der Waals surface area contributed by atoms with E-state index in [4.69, 9.17) is 23.8 Å². The molecule has 0 aliphatic heterocycles. The van der Waals surface area contributed by atoms with Crippen LogP contribution in [0, 0.1) is 0 Å². The lowest BCUT2D eigenvalue weighted by molar-refractivity contribution is 0.668. The minimum Gasteiger partial charge on any atom is -0.456 e. The normalized spacial score (nSPS) is 11.8. The minimum atomic E-state index is 0.606. The molecule has 0 amide bonds. The molecule has 4 aromatic heterocycles. The summed E-state index contributed by atoms with van der Waals surface area (Å²) in [6, 6.07) is 80.4. The van der Waals surface area contributed by atoms with Crippen molar-refractivity contribution in [3.05, 3.63) is 231 Å². The largest absolute Gasteiger partial charge is 0.456 e. The van der Waals surface area contributed by atoms with E-state index in [0.717, 1.165) is 99.5 Å². The monoisotopic (exact) mass is 882 g/mol. The number of hydrogen-bond acceptors (Lipinski definition) is 5. The lowest BCUT2D eigenvalue weighted by Crippen LogP contribution is -2.00. The van der Waals surface area contributed by atoms with E-state index in [-0.39, 0.29) is 0 Å². The van der Waals surface area contributed by atoms with Crippen molar-refractivity contribution in [2.45, 2.75) is 0 Å². The molecule has 0 saturated carbocycles. The van der Waals surface area contributed by atoms with Gasteiger partial charge in [-0.2, -0.15) is 0 Å². The highest BCUT2D eigenvalue weighted by molar-refractivity contribution is 6.17. The van der Waals surface area contributed by atoms with Gasteiger partial charge >= 0.3 is 0 Å². The second-order valence-electron chi connectivity index (χ2n) is 17.5. The summed E-state index contributed by atoms with van der Waals surface area (Å²) >= 11 is 0. The average Bonchev–Trinajstić information content (AvgIpc) is 4.10. The summed E-state index contributed by atoms with van der Waals surface area (Å²) in [6.45, 7) is 0. The molecule has 10 aromatic carbocycles. The van der Waals surface area contributed by atoms with Gasteiger partial charge in [0.1, 0.15) is 22.3 Å². The van der Waals surface area contributed by atoms with E-state index in [1.54, 1.807) is 0 Å². The number of rotatable bonds is 7. The van der Waals surface area contributed by atoms with E-state index < -0.39 is 0 Å². The van der Waals surface area contributed by atoms with Crippen molar-refractivity contribution >= 4 is 65.7 Å². The minimum absolute atomic E-state index is 0.606. The van der Waals surface area contributed by atoms with Crippen LogP contribution in [-0.4, -0.2) is 19.5 Å². The van der Waals surface area contributed by atoms with Gasteiger partial charge in [-0.25, -0.2) is 15.0 Å². The molecule has 0 spiro atoms. The zero-order valence-electron chi connectivity index (χ0n) is 37.0. The fraction of sp³-hybridized carbons (Fsp3) is 0. The quantitative estimate of drug-likeness (QED) is 0.159. The topological polar surface area (TPSA) is 69.9 Å². The molecular weight excluding hydrogens is 845 g/mol. The summed E-state index contributed by atoms with van der Waals surface area (Å²) in [4.78, 5) is 15.0. The molecule has 0 saturated heterocycles. The van der Waals surface area contributed by atoms with Crippen LogP contribution in [0.1, 0.15) is 0 Å². The first-order valence-electron chi connectivity index (χ1n) is 23.2. The summed E-state index contributed by atoms with van der Waals surface area (Å²) in [7, 11) is 0. The lowest BCUT2D eigenvalue weighted by Gasteiger charge is -2.11. The maximum Gasteiger partial charge on any atom is 0.164 e. The van der Waals surface area contributed by atoms with Crippen molar-refractivity contribution in [1.29, 1.82) is 0 Å².